The minimum atomic E-state index is -2.13. The van der Waals surface area contributed by atoms with Gasteiger partial charge in [-0.05, 0) is 5.56 Å². The molecule has 1 rings (SSSR count). The number of Topliss-reactive ketones (excluding diaryl/α,β-unsaturated/α-hetero) is 1. The van der Waals surface area contributed by atoms with Crippen LogP contribution in [0.2, 0.25) is 0 Å². The molecule has 0 aliphatic heterocycles. The summed E-state index contributed by atoms with van der Waals surface area (Å²) in [6, 6.07) is 7.35. The van der Waals surface area contributed by atoms with Crippen molar-refractivity contribution in [2.75, 3.05) is 0 Å². The summed E-state index contributed by atoms with van der Waals surface area (Å²) >= 11 is 0. The summed E-state index contributed by atoms with van der Waals surface area (Å²) in [5.74, 6) is -3.55. The van der Waals surface area contributed by atoms with Crippen LogP contribution < -0.4 is 34.7 Å². The largest absolute Gasteiger partial charge is 1.00 e. The Morgan fingerprint density at radius 1 is 1.21 bits per heavy atom. The van der Waals surface area contributed by atoms with Gasteiger partial charge in [-0.1, -0.05) is 30.3 Å². The van der Waals surface area contributed by atoms with Gasteiger partial charge in [0.05, 0.1) is 0 Å². The Balaban J connectivity index is 0.00000169. The van der Waals surface area contributed by atoms with Crippen LogP contribution in [0.5, 0.6) is 0 Å². The standard InChI is InChI=1S/C9H7FO3.Na/c10-7(8(11)9(12)13)6-4-2-1-3-5-6;/h1-5,7H,(H,12,13);/q;+1/p-1. The molecule has 0 spiro atoms. The fourth-order valence-electron chi connectivity index (χ4n) is 0.877. The Morgan fingerprint density at radius 3 is 2.14 bits per heavy atom. The zero-order valence-corrected chi connectivity index (χ0v) is 9.57. The van der Waals surface area contributed by atoms with Crippen molar-refractivity contribution in [2.24, 2.45) is 0 Å². The molecule has 5 heteroatoms. The van der Waals surface area contributed by atoms with E-state index in [2.05, 4.69) is 0 Å². The molecule has 1 aromatic carbocycles. The Kier molecular flexibility index (Phi) is 5.60. The number of carboxylic acid groups (broad SMARTS) is 1. The van der Waals surface area contributed by atoms with Crippen molar-refractivity contribution in [2.45, 2.75) is 6.17 Å². The normalized spacial score (nSPS) is 11.2. The number of hydrogen-bond donors (Lipinski definition) is 0. The second-order valence-corrected chi connectivity index (χ2v) is 2.42. The molecule has 14 heavy (non-hydrogen) atoms. The van der Waals surface area contributed by atoms with Crippen LogP contribution in [-0.2, 0) is 9.59 Å². The van der Waals surface area contributed by atoms with Gasteiger partial charge in [-0.3, -0.25) is 4.79 Å². The van der Waals surface area contributed by atoms with Gasteiger partial charge >= 0.3 is 29.6 Å². The van der Waals surface area contributed by atoms with E-state index in [1.807, 2.05) is 0 Å². The van der Waals surface area contributed by atoms with Gasteiger partial charge in [-0.2, -0.15) is 0 Å². The molecule has 1 atom stereocenters. The number of rotatable bonds is 3. The summed E-state index contributed by atoms with van der Waals surface area (Å²) in [6.45, 7) is 0. The van der Waals surface area contributed by atoms with E-state index < -0.39 is 17.9 Å². The molecular formula is C9H6FNaO3. The van der Waals surface area contributed by atoms with Crippen LogP contribution in [0.25, 0.3) is 0 Å². The molecule has 0 aliphatic carbocycles. The van der Waals surface area contributed by atoms with Crippen molar-refractivity contribution >= 4 is 11.8 Å². The van der Waals surface area contributed by atoms with Gasteiger partial charge in [0.1, 0.15) is 5.97 Å². The molecule has 0 aromatic heterocycles. The van der Waals surface area contributed by atoms with E-state index in [0.717, 1.165) is 0 Å². The number of alkyl halides is 1. The molecule has 0 aliphatic rings. The summed E-state index contributed by atoms with van der Waals surface area (Å²) < 4.78 is 13.0. The Hall–Kier alpha value is -0.710. The average Bonchev–Trinajstić information content (AvgIpc) is 2.17. The maximum Gasteiger partial charge on any atom is 1.00 e. The van der Waals surface area contributed by atoms with Crippen molar-refractivity contribution in [3.8, 4) is 0 Å². The van der Waals surface area contributed by atoms with E-state index in [9.17, 15) is 19.1 Å². The smallest absolute Gasteiger partial charge is 0.542 e. The van der Waals surface area contributed by atoms with Crippen molar-refractivity contribution in [1.82, 2.24) is 0 Å². The molecule has 0 saturated heterocycles. The summed E-state index contributed by atoms with van der Waals surface area (Å²) in [5, 5.41) is 10.0. The van der Waals surface area contributed by atoms with Crippen LogP contribution in [-0.4, -0.2) is 11.8 Å². The van der Waals surface area contributed by atoms with Gasteiger partial charge < -0.3 is 9.90 Å². The molecule has 3 nitrogen and oxygen atoms in total. The third kappa shape index (κ3) is 3.21. The second-order valence-electron chi connectivity index (χ2n) is 2.42. The van der Waals surface area contributed by atoms with Crippen LogP contribution in [0.15, 0.2) is 30.3 Å². The van der Waals surface area contributed by atoms with Crippen molar-refractivity contribution in [1.29, 1.82) is 0 Å². The van der Waals surface area contributed by atoms with E-state index in [1.54, 1.807) is 6.07 Å². The van der Waals surface area contributed by atoms with Crippen molar-refractivity contribution in [3.63, 3.8) is 0 Å². The predicted molar refractivity (Wildman–Crippen MR) is 40.3 cm³/mol. The van der Waals surface area contributed by atoms with E-state index >= 15 is 0 Å². The minimum Gasteiger partial charge on any atom is -0.542 e. The van der Waals surface area contributed by atoms with Gasteiger partial charge in [-0.25, -0.2) is 4.39 Å². The van der Waals surface area contributed by atoms with Crippen LogP contribution in [0, 0.1) is 0 Å². The Morgan fingerprint density at radius 2 is 1.71 bits per heavy atom. The molecule has 0 radical (unpaired) electrons. The summed E-state index contributed by atoms with van der Waals surface area (Å²) in [7, 11) is 0. The number of carbonyl (C=O) groups excluding carboxylic acids is 2. The maximum absolute atomic E-state index is 13.0. The van der Waals surface area contributed by atoms with Gasteiger partial charge in [0.15, 0.2) is 6.17 Å². The first kappa shape index (κ1) is 13.3. The van der Waals surface area contributed by atoms with Crippen LogP contribution in [0.4, 0.5) is 4.39 Å². The van der Waals surface area contributed by atoms with Crippen LogP contribution in [0.1, 0.15) is 11.7 Å². The summed E-state index contributed by atoms with van der Waals surface area (Å²) in [6.07, 6.45) is -2.13. The van der Waals surface area contributed by atoms with Gasteiger partial charge in [-0.15, -0.1) is 0 Å². The molecule has 0 saturated carbocycles. The van der Waals surface area contributed by atoms with Crippen LogP contribution >= 0.6 is 0 Å². The fraction of sp³-hybridized carbons (Fsp3) is 0.111. The first-order valence-electron chi connectivity index (χ1n) is 3.57. The van der Waals surface area contributed by atoms with Gasteiger partial charge in [0.2, 0.25) is 5.78 Å². The molecule has 0 amide bonds. The average molecular weight is 204 g/mol. The molecule has 68 valence electrons. The third-order valence-electron chi connectivity index (χ3n) is 1.52. The number of hydrogen-bond acceptors (Lipinski definition) is 3. The number of ketones is 1. The molecular weight excluding hydrogens is 198 g/mol. The topological polar surface area (TPSA) is 57.2 Å². The fourth-order valence-corrected chi connectivity index (χ4v) is 0.877. The first-order valence-corrected chi connectivity index (χ1v) is 3.57. The Bertz CT molecular complexity index is 326. The molecule has 0 bridgehead atoms. The van der Waals surface area contributed by atoms with E-state index in [4.69, 9.17) is 0 Å². The van der Waals surface area contributed by atoms with Crippen molar-refractivity contribution in [3.05, 3.63) is 35.9 Å². The molecule has 0 fully saturated rings. The number of carbonyl (C=O) groups is 2. The van der Waals surface area contributed by atoms with Crippen LogP contribution in [0.3, 0.4) is 0 Å². The van der Waals surface area contributed by atoms with Crippen molar-refractivity contribution < 1.29 is 48.6 Å². The Labute approximate surface area is 102 Å². The van der Waals surface area contributed by atoms with E-state index in [-0.39, 0.29) is 35.1 Å². The zero-order chi connectivity index (χ0) is 9.84. The second kappa shape index (κ2) is 5.90. The van der Waals surface area contributed by atoms with E-state index in [0.29, 0.717) is 0 Å². The minimum absolute atomic E-state index is 0. The number of aliphatic carboxylic acids is 1. The molecule has 1 unspecified atom stereocenters. The third-order valence-corrected chi connectivity index (χ3v) is 1.52. The number of halogens is 1. The number of carboxylic acids is 1. The van der Waals surface area contributed by atoms with Gasteiger partial charge in [0.25, 0.3) is 0 Å². The quantitative estimate of drug-likeness (QED) is 0.390. The summed E-state index contributed by atoms with van der Waals surface area (Å²) in [5.41, 5.74) is 0.0247. The molecule has 0 N–H and O–H groups in total. The molecule has 1 aromatic rings. The SMILES string of the molecule is O=C([O-])C(=O)C(F)c1ccccc1.[Na+]. The monoisotopic (exact) mass is 204 g/mol. The van der Waals surface area contributed by atoms with E-state index in [1.165, 1.54) is 24.3 Å². The van der Waals surface area contributed by atoms with Gasteiger partial charge in [0, 0.05) is 0 Å². The zero-order valence-electron chi connectivity index (χ0n) is 7.57. The predicted octanol–water partition coefficient (Wildman–Crippen LogP) is -2.98. The molecule has 0 heterocycles. The maximum atomic E-state index is 13.0. The summed E-state index contributed by atoms with van der Waals surface area (Å²) in [4.78, 5) is 20.6. The number of benzene rings is 1. The first-order chi connectivity index (χ1) is 6.13.